The van der Waals surface area contributed by atoms with Gasteiger partial charge in [-0.2, -0.15) is 0 Å². The minimum atomic E-state index is -0.565. The zero-order valence-electron chi connectivity index (χ0n) is 15.9. The van der Waals surface area contributed by atoms with Crippen LogP contribution in [0.2, 0.25) is 0 Å². The summed E-state index contributed by atoms with van der Waals surface area (Å²) < 4.78 is 0. The van der Waals surface area contributed by atoms with E-state index in [1.165, 1.54) is 12.8 Å². The first-order valence-corrected chi connectivity index (χ1v) is 10.2. The zero-order chi connectivity index (χ0) is 19.4. The molecular weight excluding hydrogens is 356 g/mol. The molecule has 3 atom stereocenters. The highest BCUT2D eigenvalue weighted by Gasteiger charge is 2.42. The molecule has 0 radical (unpaired) electrons. The SMILES string of the molecule is N[C@@H]1CN(Cc2cccc3c2C(=O)N(C2CCC(=O)NC2=O)C3)C[C@H]1C1CC1. The molecule has 7 heteroatoms. The molecule has 3 aliphatic heterocycles. The van der Waals surface area contributed by atoms with Crippen LogP contribution in [0.15, 0.2) is 18.2 Å². The number of benzene rings is 1. The molecule has 5 rings (SSSR count). The number of hydrogen-bond donors (Lipinski definition) is 2. The van der Waals surface area contributed by atoms with Crippen LogP contribution in [-0.2, 0) is 22.7 Å². The van der Waals surface area contributed by atoms with Gasteiger partial charge in [0.05, 0.1) is 0 Å². The number of piperidine rings is 1. The van der Waals surface area contributed by atoms with Crippen LogP contribution in [0.3, 0.4) is 0 Å². The monoisotopic (exact) mass is 382 g/mol. The highest BCUT2D eigenvalue weighted by atomic mass is 16.2. The third-order valence-electron chi connectivity index (χ3n) is 6.75. The van der Waals surface area contributed by atoms with Crippen molar-refractivity contribution < 1.29 is 14.4 Å². The molecule has 1 aromatic carbocycles. The van der Waals surface area contributed by atoms with E-state index in [1.54, 1.807) is 4.90 Å². The van der Waals surface area contributed by atoms with Crippen molar-refractivity contribution in [1.29, 1.82) is 0 Å². The van der Waals surface area contributed by atoms with Crippen LogP contribution in [0.4, 0.5) is 0 Å². The molecule has 3 heterocycles. The summed E-state index contributed by atoms with van der Waals surface area (Å²) in [5, 5.41) is 2.36. The summed E-state index contributed by atoms with van der Waals surface area (Å²) in [7, 11) is 0. The second-order valence-electron chi connectivity index (χ2n) is 8.71. The first kappa shape index (κ1) is 17.8. The minimum Gasteiger partial charge on any atom is -0.326 e. The van der Waals surface area contributed by atoms with Crippen molar-refractivity contribution in [2.24, 2.45) is 17.6 Å². The Bertz CT molecular complexity index is 850. The highest BCUT2D eigenvalue weighted by Crippen LogP contribution is 2.41. The lowest BCUT2D eigenvalue weighted by Crippen LogP contribution is -2.52. The maximum absolute atomic E-state index is 13.2. The Morgan fingerprint density at radius 2 is 1.93 bits per heavy atom. The van der Waals surface area contributed by atoms with Gasteiger partial charge in [-0.25, -0.2) is 0 Å². The smallest absolute Gasteiger partial charge is 0.255 e. The summed E-state index contributed by atoms with van der Waals surface area (Å²) in [6, 6.07) is 5.63. The molecule has 3 N–H and O–H groups in total. The Morgan fingerprint density at radius 3 is 2.68 bits per heavy atom. The lowest BCUT2D eigenvalue weighted by molar-refractivity contribution is -0.136. The number of nitrogens with two attached hydrogens (primary N) is 1. The fourth-order valence-electron chi connectivity index (χ4n) is 5.16. The van der Waals surface area contributed by atoms with Gasteiger partial charge in [-0.15, -0.1) is 0 Å². The van der Waals surface area contributed by atoms with E-state index < -0.39 is 6.04 Å². The summed E-state index contributed by atoms with van der Waals surface area (Å²) in [6.45, 7) is 3.02. The predicted molar refractivity (Wildman–Crippen MR) is 102 cm³/mol. The van der Waals surface area contributed by atoms with E-state index in [9.17, 15) is 14.4 Å². The van der Waals surface area contributed by atoms with Gasteiger partial charge in [-0.3, -0.25) is 24.6 Å². The lowest BCUT2D eigenvalue weighted by Gasteiger charge is -2.29. The molecule has 1 aliphatic carbocycles. The van der Waals surface area contributed by atoms with Gasteiger partial charge in [0.2, 0.25) is 11.8 Å². The maximum Gasteiger partial charge on any atom is 0.255 e. The molecule has 4 aliphatic rings. The Hall–Kier alpha value is -2.25. The topological polar surface area (TPSA) is 95.7 Å². The van der Waals surface area contributed by atoms with E-state index in [2.05, 4.69) is 10.2 Å². The van der Waals surface area contributed by atoms with E-state index in [-0.39, 0.29) is 30.2 Å². The van der Waals surface area contributed by atoms with Crippen molar-refractivity contribution in [3.8, 4) is 0 Å². The third kappa shape index (κ3) is 3.02. The molecular formula is C21H26N4O3. The van der Waals surface area contributed by atoms with E-state index in [0.29, 0.717) is 18.9 Å². The largest absolute Gasteiger partial charge is 0.326 e. The van der Waals surface area contributed by atoms with Crippen LogP contribution in [-0.4, -0.2) is 52.7 Å². The second-order valence-corrected chi connectivity index (χ2v) is 8.71. The number of nitrogens with zero attached hydrogens (tertiary/aromatic N) is 2. The van der Waals surface area contributed by atoms with E-state index in [4.69, 9.17) is 5.73 Å². The van der Waals surface area contributed by atoms with Gasteiger partial charge in [-0.05, 0) is 42.2 Å². The quantitative estimate of drug-likeness (QED) is 0.744. The Kier molecular flexibility index (Phi) is 4.25. The van der Waals surface area contributed by atoms with Gasteiger partial charge in [0.15, 0.2) is 0 Å². The zero-order valence-corrected chi connectivity index (χ0v) is 15.9. The van der Waals surface area contributed by atoms with Gasteiger partial charge < -0.3 is 10.6 Å². The molecule has 1 unspecified atom stereocenters. The van der Waals surface area contributed by atoms with Crippen molar-refractivity contribution >= 4 is 17.7 Å². The van der Waals surface area contributed by atoms with Crippen molar-refractivity contribution in [1.82, 2.24) is 15.1 Å². The lowest BCUT2D eigenvalue weighted by atomic mass is 9.99. The summed E-state index contributed by atoms with van der Waals surface area (Å²) in [6.07, 6.45) is 3.26. The second kappa shape index (κ2) is 6.67. The number of fused-ring (bicyclic) bond motifs is 1. The average Bonchev–Trinajstić information content (AvgIpc) is 3.35. The number of nitrogens with one attached hydrogen (secondary N) is 1. The molecule has 3 fully saturated rings. The number of carbonyl (C=O) groups excluding carboxylic acids is 3. The third-order valence-corrected chi connectivity index (χ3v) is 6.75. The van der Waals surface area contributed by atoms with E-state index >= 15 is 0 Å². The van der Waals surface area contributed by atoms with Crippen LogP contribution in [0, 0.1) is 11.8 Å². The fraction of sp³-hybridized carbons (Fsp3) is 0.571. The standard InChI is InChI=1S/C21H26N4O3/c22-16-11-24(10-15(16)12-4-5-12)8-13-2-1-3-14-9-25(21(28)19(13)14)17-6-7-18(26)23-20(17)27/h1-3,12,15-17H,4-11,22H2,(H,23,26,27)/t15-,16+,17?/m0/s1. The van der Waals surface area contributed by atoms with E-state index in [0.717, 1.165) is 42.2 Å². The molecule has 7 nitrogen and oxygen atoms in total. The van der Waals surface area contributed by atoms with Gasteiger partial charge in [0.25, 0.3) is 5.91 Å². The number of rotatable bonds is 4. The molecule has 0 spiro atoms. The molecule has 1 saturated carbocycles. The van der Waals surface area contributed by atoms with Crippen molar-refractivity contribution in [3.05, 3.63) is 34.9 Å². The van der Waals surface area contributed by atoms with Gasteiger partial charge >= 0.3 is 0 Å². The summed E-state index contributed by atoms with van der Waals surface area (Å²) in [5.74, 6) is 0.638. The van der Waals surface area contributed by atoms with Gasteiger partial charge in [0.1, 0.15) is 6.04 Å². The molecule has 28 heavy (non-hydrogen) atoms. The van der Waals surface area contributed by atoms with E-state index in [1.807, 2.05) is 18.2 Å². The molecule has 1 aromatic rings. The Labute approximate surface area is 164 Å². The number of imide groups is 1. The van der Waals surface area contributed by atoms with Crippen molar-refractivity contribution in [2.45, 2.75) is 50.9 Å². The van der Waals surface area contributed by atoms with Crippen LogP contribution < -0.4 is 11.1 Å². The fourth-order valence-corrected chi connectivity index (χ4v) is 5.16. The molecule has 0 aromatic heterocycles. The van der Waals surface area contributed by atoms with Crippen molar-refractivity contribution in [2.75, 3.05) is 13.1 Å². The van der Waals surface area contributed by atoms with Gasteiger partial charge in [0, 0.05) is 44.2 Å². The summed E-state index contributed by atoms with van der Waals surface area (Å²) in [5.41, 5.74) is 9.08. The first-order chi connectivity index (χ1) is 13.5. The van der Waals surface area contributed by atoms with Crippen molar-refractivity contribution in [3.63, 3.8) is 0 Å². The molecule has 3 amide bonds. The first-order valence-electron chi connectivity index (χ1n) is 10.2. The minimum absolute atomic E-state index is 0.0951. The molecule has 148 valence electrons. The number of likely N-dealkylation sites (tertiary alicyclic amines) is 1. The van der Waals surface area contributed by atoms with Crippen LogP contribution in [0.1, 0.15) is 47.2 Å². The van der Waals surface area contributed by atoms with Crippen LogP contribution in [0.5, 0.6) is 0 Å². The normalized spacial score (nSPS) is 30.7. The Balaban J connectivity index is 1.34. The van der Waals surface area contributed by atoms with Crippen LogP contribution in [0.25, 0.3) is 0 Å². The molecule has 2 saturated heterocycles. The number of amides is 3. The molecule has 0 bridgehead atoms. The Morgan fingerprint density at radius 1 is 1.11 bits per heavy atom. The highest BCUT2D eigenvalue weighted by molar-refractivity contribution is 6.05. The number of carbonyl (C=O) groups is 3. The van der Waals surface area contributed by atoms with Gasteiger partial charge in [-0.1, -0.05) is 18.2 Å². The summed E-state index contributed by atoms with van der Waals surface area (Å²) >= 11 is 0. The maximum atomic E-state index is 13.2. The number of hydrogen-bond acceptors (Lipinski definition) is 5. The van der Waals surface area contributed by atoms with Crippen LogP contribution >= 0.6 is 0 Å². The predicted octanol–water partition coefficient (Wildman–Crippen LogP) is 0.617. The average molecular weight is 382 g/mol. The summed E-state index contributed by atoms with van der Waals surface area (Å²) in [4.78, 5) is 40.9.